The molecule has 12 heteroatoms. The Morgan fingerprint density at radius 1 is 1.27 bits per heavy atom. The number of rotatable bonds is 5. The number of halogens is 4. The number of pyridine rings is 1. The van der Waals surface area contributed by atoms with Crippen molar-refractivity contribution in [3.63, 3.8) is 0 Å². The number of carbonyl (C=O) groups is 2. The van der Waals surface area contributed by atoms with Gasteiger partial charge < -0.3 is 10.1 Å². The molecule has 0 aliphatic carbocycles. The zero-order valence-corrected chi connectivity index (χ0v) is 14.7. The number of hydrogen-bond donors (Lipinski definition) is 1. The van der Waals surface area contributed by atoms with E-state index in [0.717, 1.165) is 18.3 Å². The number of ether oxygens (including phenoxy) is 1. The van der Waals surface area contributed by atoms with Crippen LogP contribution >= 0.6 is 34.8 Å². The van der Waals surface area contributed by atoms with Crippen LogP contribution in [-0.4, -0.2) is 28.4 Å². The highest BCUT2D eigenvalue weighted by atomic mass is 35.5. The average Bonchev–Trinajstić information content (AvgIpc) is 2.59. The van der Waals surface area contributed by atoms with Gasteiger partial charge in [-0.2, -0.15) is 0 Å². The number of nitrogens with zero attached hydrogens (tertiary/aromatic N) is 2. The van der Waals surface area contributed by atoms with Crippen LogP contribution in [0.3, 0.4) is 0 Å². The summed E-state index contributed by atoms with van der Waals surface area (Å²) in [5.74, 6) is -2.80. The second-order valence-electron chi connectivity index (χ2n) is 4.63. The van der Waals surface area contributed by atoms with Gasteiger partial charge in [-0.15, -0.1) is 0 Å². The maximum atomic E-state index is 13.1. The lowest BCUT2D eigenvalue weighted by Crippen LogP contribution is -2.22. The topological polar surface area (TPSA) is 111 Å². The van der Waals surface area contributed by atoms with Crippen LogP contribution in [0, 0.1) is 15.9 Å². The SMILES string of the molecule is O=C(COC(=O)c1ncc(Cl)c(Cl)c1Cl)Nc1ccc(F)cc1[N+](=O)[O-]. The molecule has 8 nitrogen and oxygen atoms in total. The second-order valence-corrected chi connectivity index (χ2v) is 5.79. The molecule has 0 atom stereocenters. The summed E-state index contributed by atoms with van der Waals surface area (Å²) >= 11 is 17.3. The summed E-state index contributed by atoms with van der Waals surface area (Å²) in [4.78, 5) is 37.4. The molecule has 26 heavy (non-hydrogen) atoms. The molecule has 1 aromatic carbocycles. The normalized spacial score (nSPS) is 10.3. The molecule has 1 heterocycles. The van der Waals surface area contributed by atoms with Crippen LogP contribution in [0.15, 0.2) is 24.4 Å². The van der Waals surface area contributed by atoms with E-state index in [1.54, 1.807) is 0 Å². The number of carbonyl (C=O) groups excluding carboxylic acids is 2. The number of anilines is 1. The lowest BCUT2D eigenvalue weighted by Gasteiger charge is -2.08. The minimum Gasteiger partial charge on any atom is -0.451 e. The molecular formula is C14H7Cl3FN3O5. The van der Waals surface area contributed by atoms with Gasteiger partial charge in [-0.05, 0) is 12.1 Å². The van der Waals surface area contributed by atoms with Crippen molar-refractivity contribution in [2.75, 3.05) is 11.9 Å². The summed E-state index contributed by atoms with van der Waals surface area (Å²) in [7, 11) is 0. The molecule has 2 aromatic rings. The molecule has 0 saturated heterocycles. The Morgan fingerprint density at radius 2 is 1.96 bits per heavy atom. The van der Waals surface area contributed by atoms with Crippen LogP contribution in [0.2, 0.25) is 15.1 Å². The van der Waals surface area contributed by atoms with Crippen molar-refractivity contribution in [3.8, 4) is 0 Å². The molecule has 0 saturated carbocycles. The molecule has 2 rings (SSSR count). The largest absolute Gasteiger partial charge is 0.451 e. The van der Waals surface area contributed by atoms with E-state index in [-0.39, 0.29) is 26.4 Å². The lowest BCUT2D eigenvalue weighted by molar-refractivity contribution is -0.384. The maximum Gasteiger partial charge on any atom is 0.359 e. The first-order valence-corrected chi connectivity index (χ1v) is 7.74. The van der Waals surface area contributed by atoms with Gasteiger partial charge in [0.15, 0.2) is 12.3 Å². The highest BCUT2D eigenvalue weighted by Gasteiger charge is 2.21. The summed E-state index contributed by atoms with van der Waals surface area (Å²) in [6, 6.07) is 2.57. The fourth-order valence-electron chi connectivity index (χ4n) is 1.73. The number of nitro benzene ring substituents is 1. The average molecular weight is 423 g/mol. The summed E-state index contributed by atoms with van der Waals surface area (Å²) in [6.07, 6.45) is 1.08. The van der Waals surface area contributed by atoms with E-state index in [0.29, 0.717) is 6.07 Å². The third-order valence-electron chi connectivity index (χ3n) is 2.88. The van der Waals surface area contributed by atoms with Crippen molar-refractivity contribution in [2.45, 2.75) is 0 Å². The molecule has 0 bridgehead atoms. The molecule has 0 aliphatic rings. The number of esters is 1. The highest BCUT2D eigenvalue weighted by molar-refractivity contribution is 6.48. The van der Waals surface area contributed by atoms with E-state index >= 15 is 0 Å². The van der Waals surface area contributed by atoms with Crippen LogP contribution in [-0.2, 0) is 9.53 Å². The van der Waals surface area contributed by atoms with Crippen LogP contribution < -0.4 is 5.32 Å². The van der Waals surface area contributed by atoms with Crippen LogP contribution in [0.5, 0.6) is 0 Å². The van der Waals surface area contributed by atoms with Crippen molar-refractivity contribution in [3.05, 3.63) is 61.1 Å². The van der Waals surface area contributed by atoms with Crippen LogP contribution in [0.25, 0.3) is 0 Å². The molecule has 0 radical (unpaired) electrons. The van der Waals surface area contributed by atoms with Crippen molar-refractivity contribution >= 4 is 58.1 Å². The Labute approximate surface area is 160 Å². The smallest absolute Gasteiger partial charge is 0.359 e. The van der Waals surface area contributed by atoms with Crippen LogP contribution in [0.4, 0.5) is 15.8 Å². The fourth-order valence-corrected chi connectivity index (χ4v) is 2.29. The first-order valence-electron chi connectivity index (χ1n) is 6.61. The number of hydrogen-bond acceptors (Lipinski definition) is 6. The zero-order chi connectivity index (χ0) is 19.4. The van der Waals surface area contributed by atoms with Crippen molar-refractivity contribution in [1.29, 1.82) is 0 Å². The Kier molecular flexibility index (Phi) is 6.30. The predicted octanol–water partition coefficient (Wildman–Crippen LogP) is 3.88. The monoisotopic (exact) mass is 421 g/mol. The van der Waals surface area contributed by atoms with Gasteiger partial charge in [0.2, 0.25) is 0 Å². The van der Waals surface area contributed by atoms with Crippen molar-refractivity contribution in [1.82, 2.24) is 4.98 Å². The second kappa shape index (κ2) is 8.26. The minimum absolute atomic E-state index is 0.0228. The fraction of sp³-hybridized carbons (Fsp3) is 0.0714. The first kappa shape index (κ1) is 19.8. The molecule has 1 aromatic heterocycles. The molecular weight excluding hydrogens is 416 g/mol. The van der Waals surface area contributed by atoms with Gasteiger partial charge in [0.05, 0.1) is 26.1 Å². The van der Waals surface area contributed by atoms with Gasteiger partial charge in [-0.3, -0.25) is 14.9 Å². The number of amides is 1. The van der Waals surface area contributed by atoms with Gasteiger partial charge in [-0.1, -0.05) is 34.8 Å². The molecule has 0 fully saturated rings. The van der Waals surface area contributed by atoms with Crippen molar-refractivity contribution in [2.24, 2.45) is 0 Å². The standard InChI is InChI=1S/C14H7Cl3FN3O5/c15-7-4-19-13(12(17)11(7)16)14(23)26-5-10(22)20-8-2-1-6(18)3-9(8)21(24)25/h1-4H,5H2,(H,20,22). The molecule has 0 aliphatic heterocycles. The van der Waals surface area contributed by atoms with Gasteiger partial charge in [0.1, 0.15) is 11.5 Å². The third-order valence-corrected chi connectivity index (χ3v) is 4.12. The number of nitro groups is 1. The Bertz CT molecular complexity index is 910. The summed E-state index contributed by atoms with van der Waals surface area (Å²) in [5.41, 5.74) is -1.27. The molecule has 136 valence electrons. The quantitative estimate of drug-likeness (QED) is 0.444. The number of aromatic nitrogens is 1. The first-order chi connectivity index (χ1) is 12.2. The van der Waals surface area contributed by atoms with Gasteiger partial charge in [0.25, 0.3) is 11.6 Å². The molecule has 0 spiro atoms. The van der Waals surface area contributed by atoms with E-state index in [2.05, 4.69) is 10.3 Å². The molecule has 1 N–H and O–H groups in total. The van der Waals surface area contributed by atoms with E-state index in [1.165, 1.54) is 0 Å². The van der Waals surface area contributed by atoms with Gasteiger partial charge in [-0.25, -0.2) is 14.2 Å². The predicted molar refractivity (Wildman–Crippen MR) is 91.2 cm³/mol. The van der Waals surface area contributed by atoms with Gasteiger partial charge >= 0.3 is 5.97 Å². The summed E-state index contributed by atoms with van der Waals surface area (Å²) < 4.78 is 17.8. The van der Waals surface area contributed by atoms with Crippen LogP contribution in [0.1, 0.15) is 10.5 Å². The number of nitrogens with one attached hydrogen (secondary N) is 1. The van der Waals surface area contributed by atoms with E-state index in [9.17, 15) is 24.1 Å². The Balaban J connectivity index is 2.05. The summed E-state index contributed by atoms with van der Waals surface area (Å²) in [6.45, 7) is -0.800. The Hall–Kier alpha value is -2.49. The van der Waals surface area contributed by atoms with E-state index in [1.807, 2.05) is 0 Å². The Morgan fingerprint density at radius 3 is 2.62 bits per heavy atom. The van der Waals surface area contributed by atoms with Crippen molar-refractivity contribution < 1.29 is 23.6 Å². The maximum absolute atomic E-state index is 13.1. The molecule has 0 unspecified atom stereocenters. The highest BCUT2D eigenvalue weighted by Crippen LogP contribution is 2.31. The van der Waals surface area contributed by atoms with E-state index in [4.69, 9.17) is 39.5 Å². The van der Waals surface area contributed by atoms with Gasteiger partial charge in [0, 0.05) is 6.20 Å². The zero-order valence-electron chi connectivity index (χ0n) is 12.5. The third kappa shape index (κ3) is 4.57. The lowest BCUT2D eigenvalue weighted by atomic mass is 10.2. The summed E-state index contributed by atoms with van der Waals surface area (Å²) in [5, 5.41) is 12.7. The van der Waals surface area contributed by atoms with E-state index < -0.39 is 34.9 Å². The number of benzene rings is 1. The molecule has 1 amide bonds. The minimum atomic E-state index is -1.06.